The van der Waals surface area contributed by atoms with Crippen LogP contribution in [-0.4, -0.2) is 51.8 Å². The van der Waals surface area contributed by atoms with Gasteiger partial charge in [-0.3, -0.25) is 4.90 Å². The monoisotopic (exact) mass is 372 g/mol. The van der Waals surface area contributed by atoms with E-state index in [1.54, 1.807) is 6.07 Å². The lowest BCUT2D eigenvalue weighted by Crippen LogP contribution is -2.49. The fourth-order valence-corrected chi connectivity index (χ4v) is 2.92. The van der Waals surface area contributed by atoms with E-state index in [1.165, 1.54) is 4.90 Å². The molecule has 0 unspecified atom stereocenters. The molecule has 1 fully saturated rings. The van der Waals surface area contributed by atoms with Gasteiger partial charge in [0.2, 0.25) is 0 Å². The Morgan fingerprint density at radius 3 is 2.52 bits per heavy atom. The van der Waals surface area contributed by atoms with Crippen molar-refractivity contribution in [3.8, 4) is 0 Å². The topological polar surface area (TPSA) is 41.4 Å². The highest BCUT2D eigenvalue weighted by atomic mass is 35.5. The number of amides is 1. The number of hydrogen-bond acceptors (Lipinski definition) is 3. The molecule has 25 heavy (non-hydrogen) atoms. The lowest BCUT2D eigenvalue weighted by Gasteiger charge is -2.34. The second-order valence-corrected chi connectivity index (χ2v) is 6.28. The van der Waals surface area contributed by atoms with Gasteiger partial charge in [0.25, 0.3) is 0 Å². The maximum Gasteiger partial charge on any atom is 0.419 e. The Balaban J connectivity index is 1.56. The van der Waals surface area contributed by atoms with E-state index in [1.807, 2.05) is 18.2 Å². The Hall–Kier alpha value is -2.06. The highest BCUT2D eigenvalue weighted by molar-refractivity contribution is 6.30. The molecule has 0 radical (unpaired) electrons. The van der Waals surface area contributed by atoms with Crippen molar-refractivity contribution in [3.05, 3.63) is 52.8 Å². The van der Waals surface area contributed by atoms with Gasteiger partial charge in [0.15, 0.2) is 0 Å². The van der Waals surface area contributed by atoms with Crippen molar-refractivity contribution in [1.29, 1.82) is 0 Å². The van der Waals surface area contributed by atoms with Gasteiger partial charge < -0.3 is 4.90 Å². The van der Waals surface area contributed by atoms with Crippen molar-refractivity contribution in [3.63, 3.8) is 0 Å². The molecule has 0 N–H and O–H groups in total. The van der Waals surface area contributed by atoms with Crippen LogP contribution in [0.2, 0.25) is 5.02 Å². The summed E-state index contributed by atoms with van der Waals surface area (Å²) in [6.07, 6.45) is -3.12. The van der Waals surface area contributed by atoms with Crippen LogP contribution in [0, 0.1) is 0 Å². The highest BCUT2D eigenvalue weighted by Crippen LogP contribution is 2.28. The van der Waals surface area contributed by atoms with Gasteiger partial charge in [-0.05, 0) is 17.7 Å². The smallest absolute Gasteiger partial charge is 0.320 e. The summed E-state index contributed by atoms with van der Waals surface area (Å²) in [5.74, 6) is 0. The lowest BCUT2D eigenvalue weighted by atomic mass is 10.2. The van der Waals surface area contributed by atoms with E-state index in [2.05, 4.69) is 10.00 Å². The number of rotatable bonds is 2. The second kappa shape index (κ2) is 7.05. The number of piperazine rings is 1. The molecular formula is C16H16ClF3N4O. The molecule has 9 heteroatoms. The molecular weight excluding hydrogens is 357 g/mol. The third-order valence-electron chi connectivity index (χ3n) is 4.04. The maximum atomic E-state index is 12.6. The van der Waals surface area contributed by atoms with Gasteiger partial charge in [-0.2, -0.15) is 23.0 Å². The standard InChI is InChI=1S/C16H16ClF3N4O/c17-14-3-1-2-12(8-14)10-22-4-6-23(7-5-22)15(25)24-11-13(9-21-24)16(18,19)20/h1-3,8-9,11H,4-7,10H2. The van der Waals surface area contributed by atoms with Gasteiger partial charge in [0.1, 0.15) is 0 Å². The average molecular weight is 373 g/mol. The fraction of sp³-hybridized carbons (Fsp3) is 0.375. The lowest BCUT2D eigenvalue weighted by molar-refractivity contribution is -0.137. The summed E-state index contributed by atoms with van der Waals surface area (Å²) in [5, 5.41) is 4.20. The molecule has 0 saturated carbocycles. The van der Waals surface area contributed by atoms with Gasteiger partial charge in [0, 0.05) is 43.9 Å². The predicted octanol–water partition coefficient (Wildman–Crippen LogP) is 3.34. The minimum atomic E-state index is -4.51. The number of carbonyl (C=O) groups excluding carboxylic acids is 1. The van der Waals surface area contributed by atoms with Gasteiger partial charge in [-0.15, -0.1) is 0 Å². The number of nitrogens with zero attached hydrogens (tertiary/aromatic N) is 4. The van der Waals surface area contributed by atoms with Crippen LogP contribution in [0.3, 0.4) is 0 Å². The van der Waals surface area contributed by atoms with Crippen LogP contribution < -0.4 is 0 Å². The molecule has 0 bridgehead atoms. The molecule has 0 spiro atoms. The van der Waals surface area contributed by atoms with Crippen molar-refractivity contribution < 1.29 is 18.0 Å². The summed E-state index contributed by atoms with van der Waals surface area (Å²) in [6.45, 7) is 2.83. The predicted molar refractivity (Wildman–Crippen MR) is 86.3 cm³/mol. The van der Waals surface area contributed by atoms with E-state index in [4.69, 9.17) is 11.6 Å². The zero-order valence-corrected chi connectivity index (χ0v) is 14.0. The molecule has 0 atom stereocenters. The Morgan fingerprint density at radius 2 is 1.92 bits per heavy atom. The van der Waals surface area contributed by atoms with E-state index in [0.717, 1.165) is 16.4 Å². The number of carbonyl (C=O) groups is 1. The average Bonchev–Trinajstić information content (AvgIpc) is 3.05. The van der Waals surface area contributed by atoms with Crippen molar-refractivity contribution in [2.75, 3.05) is 26.2 Å². The molecule has 1 aliphatic heterocycles. The summed E-state index contributed by atoms with van der Waals surface area (Å²) < 4.78 is 38.5. The zero-order valence-electron chi connectivity index (χ0n) is 13.2. The van der Waals surface area contributed by atoms with Gasteiger partial charge >= 0.3 is 12.2 Å². The van der Waals surface area contributed by atoms with Gasteiger partial charge in [0.05, 0.1) is 11.8 Å². The first-order valence-corrected chi connectivity index (χ1v) is 8.09. The zero-order chi connectivity index (χ0) is 18.0. The number of benzene rings is 1. The first kappa shape index (κ1) is 17.8. The molecule has 1 aromatic carbocycles. The Morgan fingerprint density at radius 1 is 1.20 bits per heavy atom. The number of alkyl halides is 3. The van der Waals surface area contributed by atoms with Crippen LogP contribution in [0.15, 0.2) is 36.7 Å². The van der Waals surface area contributed by atoms with Crippen LogP contribution in [0.5, 0.6) is 0 Å². The first-order valence-electron chi connectivity index (χ1n) is 7.71. The molecule has 1 aliphatic rings. The molecule has 2 heterocycles. The normalized spacial score (nSPS) is 16.2. The Bertz CT molecular complexity index is 754. The summed E-state index contributed by atoms with van der Waals surface area (Å²) >= 11 is 5.97. The van der Waals surface area contributed by atoms with Crippen LogP contribution in [0.4, 0.5) is 18.0 Å². The quantitative estimate of drug-likeness (QED) is 0.812. The van der Waals surface area contributed by atoms with E-state index in [9.17, 15) is 18.0 Å². The van der Waals surface area contributed by atoms with Crippen LogP contribution in [-0.2, 0) is 12.7 Å². The highest BCUT2D eigenvalue weighted by Gasteiger charge is 2.33. The van der Waals surface area contributed by atoms with Crippen LogP contribution in [0.1, 0.15) is 11.1 Å². The van der Waals surface area contributed by atoms with Crippen LogP contribution in [0.25, 0.3) is 0 Å². The van der Waals surface area contributed by atoms with Crippen LogP contribution >= 0.6 is 11.6 Å². The van der Waals surface area contributed by atoms with E-state index in [-0.39, 0.29) is 0 Å². The molecule has 0 aliphatic carbocycles. The molecule has 1 aromatic heterocycles. The molecule has 1 amide bonds. The third kappa shape index (κ3) is 4.32. The third-order valence-corrected chi connectivity index (χ3v) is 4.28. The van der Waals surface area contributed by atoms with Crippen molar-refractivity contribution in [2.45, 2.75) is 12.7 Å². The first-order chi connectivity index (χ1) is 11.8. The SMILES string of the molecule is O=C(N1CCN(Cc2cccc(Cl)c2)CC1)n1cc(C(F)(F)F)cn1. The van der Waals surface area contributed by atoms with E-state index in [0.29, 0.717) is 43.9 Å². The Kier molecular flexibility index (Phi) is 5.01. The molecule has 1 saturated heterocycles. The number of hydrogen-bond donors (Lipinski definition) is 0. The summed E-state index contributed by atoms with van der Waals surface area (Å²) in [6, 6.07) is 7.01. The summed E-state index contributed by atoms with van der Waals surface area (Å²) in [5.41, 5.74) is 0.148. The van der Waals surface area contributed by atoms with Crippen molar-refractivity contribution >= 4 is 17.6 Å². The summed E-state index contributed by atoms with van der Waals surface area (Å²) in [7, 11) is 0. The maximum absolute atomic E-state index is 12.6. The Labute approximate surface area is 147 Å². The largest absolute Gasteiger partial charge is 0.419 e. The van der Waals surface area contributed by atoms with Gasteiger partial charge in [-0.25, -0.2) is 4.79 Å². The minimum Gasteiger partial charge on any atom is -0.320 e. The molecule has 2 aromatic rings. The molecule has 5 nitrogen and oxygen atoms in total. The van der Waals surface area contributed by atoms with Crippen molar-refractivity contribution in [1.82, 2.24) is 19.6 Å². The molecule has 3 rings (SSSR count). The van der Waals surface area contributed by atoms with Crippen molar-refractivity contribution in [2.24, 2.45) is 0 Å². The minimum absolute atomic E-state index is 0.431. The number of aromatic nitrogens is 2. The second-order valence-electron chi connectivity index (χ2n) is 5.85. The van der Waals surface area contributed by atoms with E-state index < -0.39 is 17.8 Å². The van der Waals surface area contributed by atoms with Gasteiger partial charge in [-0.1, -0.05) is 23.7 Å². The number of halogens is 4. The molecule has 134 valence electrons. The fourth-order valence-electron chi connectivity index (χ4n) is 2.71. The van der Waals surface area contributed by atoms with E-state index >= 15 is 0 Å². The summed E-state index contributed by atoms with van der Waals surface area (Å²) in [4.78, 5) is 15.9.